The van der Waals surface area contributed by atoms with Gasteiger partial charge in [-0.05, 0) is 97.7 Å². The van der Waals surface area contributed by atoms with Crippen molar-refractivity contribution in [3.8, 4) is 0 Å². The van der Waals surface area contributed by atoms with E-state index in [1.54, 1.807) is 0 Å². The van der Waals surface area contributed by atoms with E-state index in [1.165, 1.54) is 12.7 Å². The lowest BCUT2D eigenvalue weighted by Gasteiger charge is -2.72. The molecular weight excluding hydrogens is 452 g/mol. The number of aliphatic hydroxyl groups excluding tert-OH is 2. The van der Waals surface area contributed by atoms with Gasteiger partial charge in [0.25, 0.3) is 0 Å². The molecule has 5 rings (SSSR count). The number of methoxy groups -OCH3 is 1. The Bertz CT molecular complexity index is 968. The Morgan fingerprint density at radius 1 is 0.972 bits per heavy atom. The van der Waals surface area contributed by atoms with Crippen LogP contribution in [0.4, 0.5) is 0 Å². The summed E-state index contributed by atoms with van der Waals surface area (Å²) >= 11 is 0. The van der Waals surface area contributed by atoms with E-state index < -0.39 is 23.2 Å². The van der Waals surface area contributed by atoms with Crippen molar-refractivity contribution in [2.24, 2.45) is 50.7 Å². The summed E-state index contributed by atoms with van der Waals surface area (Å²) in [5.41, 5.74) is -0.928. The number of fused-ring (bicyclic) bond motifs is 7. The number of carbonyl (C=O) groups excluding carboxylic acids is 1. The maximum absolute atomic E-state index is 13.4. The second kappa shape index (κ2) is 7.82. The minimum atomic E-state index is -0.975. The van der Waals surface area contributed by atoms with Gasteiger partial charge in [-0.1, -0.05) is 53.2 Å². The number of aliphatic hydroxyl groups is 3. The average molecular weight is 503 g/mol. The molecule has 5 heteroatoms. The van der Waals surface area contributed by atoms with Crippen LogP contribution in [0.15, 0.2) is 11.6 Å². The van der Waals surface area contributed by atoms with Crippen LogP contribution in [0.5, 0.6) is 0 Å². The lowest BCUT2D eigenvalue weighted by atomic mass is 9.33. The summed E-state index contributed by atoms with van der Waals surface area (Å²) in [5, 5.41) is 34.0. The fourth-order valence-corrected chi connectivity index (χ4v) is 11.2. The zero-order valence-corrected chi connectivity index (χ0v) is 23.9. The van der Waals surface area contributed by atoms with Gasteiger partial charge in [-0.2, -0.15) is 0 Å². The van der Waals surface area contributed by atoms with Gasteiger partial charge in [0, 0.05) is 5.92 Å². The van der Waals surface area contributed by atoms with Crippen LogP contribution >= 0.6 is 0 Å². The topological polar surface area (TPSA) is 87.0 Å². The molecule has 36 heavy (non-hydrogen) atoms. The first kappa shape index (κ1) is 26.7. The van der Waals surface area contributed by atoms with Gasteiger partial charge in [0.2, 0.25) is 0 Å². The molecule has 0 bridgehead atoms. The van der Waals surface area contributed by atoms with E-state index in [9.17, 15) is 20.1 Å². The van der Waals surface area contributed by atoms with Crippen molar-refractivity contribution in [2.45, 2.75) is 118 Å². The van der Waals surface area contributed by atoms with Gasteiger partial charge in [0.1, 0.15) is 0 Å². The molecule has 0 saturated heterocycles. The second-order valence-electron chi connectivity index (χ2n) is 15.1. The highest BCUT2D eigenvalue weighted by Gasteiger charge is 2.72. The monoisotopic (exact) mass is 502 g/mol. The van der Waals surface area contributed by atoms with E-state index in [0.29, 0.717) is 18.3 Å². The number of allylic oxidation sites excluding steroid dienone is 1. The van der Waals surface area contributed by atoms with E-state index in [-0.39, 0.29) is 39.5 Å². The molecule has 0 unspecified atom stereocenters. The first-order chi connectivity index (χ1) is 16.5. The van der Waals surface area contributed by atoms with Crippen LogP contribution in [-0.2, 0) is 9.53 Å². The number of rotatable bonds is 1. The Balaban J connectivity index is 1.65. The Kier molecular flexibility index (Phi) is 5.80. The highest BCUT2D eigenvalue weighted by molar-refractivity contribution is 5.79. The van der Waals surface area contributed by atoms with Gasteiger partial charge in [-0.25, -0.2) is 0 Å². The number of carbonyl (C=O) groups is 1. The van der Waals surface area contributed by atoms with E-state index in [1.807, 2.05) is 6.92 Å². The number of esters is 1. The van der Waals surface area contributed by atoms with Crippen LogP contribution in [0, 0.1) is 50.7 Å². The Hall–Kier alpha value is -0.910. The van der Waals surface area contributed by atoms with Crippen molar-refractivity contribution in [1.29, 1.82) is 0 Å². The van der Waals surface area contributed by atoms with E-state index in [2.05, 4.69) is 47.6 Å². The standard InChI is InChI=1S/C31H50O5/c1-18-11-14-31(25(34)36-8)16-15-28(5)19(23(31)30(18,7)35)9-10-22-27(4)17-20(32)24(33)26(2,3)21(27)12-13-29(22,28)6/h9,18,20-24,32-33,35H,10-17H2,1-8H3/t18-,20-,21+,22-,23-,24-,27+,28-,29-,30-,31+/m1/s1. The normalized spacial score (nSPS) is 55.8. The number of hydrogen-bond acceptors (Lipinski definition) is 5. The molecule has 4 saturated carbocycles. The lowest BCUT2D eigenvalue weighted by Crippen LogP contribution is -2.68. The second-order valence-corrected chi connectivity index (χ2v) is 15.1. The van der Waals surface area contributed by atoms with Crippen LogP contribution in [0.3, 0.4) is 0 Å². The number of hydrogen-bond donors (Lipinski definition) is 3. The molecule has 0 amide bonds. The van der Waals surface area contributed by atoms with Crippen LogP contribution in [0.1, 0.15) is 99.8 Å². The smallest absolute Gasteiger partial charge is 0.312 e. The minimum Gasteiger partial charge on any atom is -0.469 e. The molecule has 204 valence electrons. The molecule has 11 atom stereocenters. The zero-order valence-electron chi connectivity index (χ0n) is 23.9. The molecular formula is C31H50O5. The summed E-state index contributed by atoms with van der Waals surface area (Å²) in [6.07, 6.45) is 7.88. The van der Waals surface area contributed by atoms with Gasteiger partial charge in [0.05, 0.1) is 30.3 Å². The maximum Gasteiger partial charge on any atom is 0.312 e. The Labute approximate surface area is 218 Å². The van der Waals surface area contributed by atoms with E-state index in [4.69, 9.17) is 4.74 Å². The molecule has 0 aromatic rings. The Morgan fingerprint density at radius 3 is 2.28 bits per heavy atom. The molecule has 4 fully saturated rings. The first-order valence-corrected chi connectivity index (χ1v) is 14.4. The predicted molar refractivity (Wildman–Crippen MR) is 140 cm³/mol. The summed E-state index contributed by atoms with van der Waals surface area (Å²) < 4.78 is 5.43. The molecule has 0 heterocycles. The summed E-state index contributed by atoms with van der Waals surface area (Å²) in [6, 6.07) is 0. The zero-order chi connectivity index (χ0) is 26.7. The Morgan fingerprint density at radius 2 is 1.64 bits per heavy atom. The molecule has 0 aromatic carbocycles. The lowest BCUT2D eigenvalue weighted by molar-refractivity contribution is -0.237. The van der Waals surface area contributed by atoms with Crippen molar-refractivity contribution in [3.63, 3.8) is 0 Å². The van der Waals surface area contributed by atoms with Crippen molar-refractivity contribution in [2.75, 3.05) is 7.11 Å². The van der Waals surface area contributed by atoms with Crippen molar-refractivity contribution >= 4 is 5.97 Å². The molecule has 5 nitrogen and oxygen atoms in total. The van der Waals surface area contributed by atoms with Gasteiger partial charge in [-0.3, -0.25) is 4.79 Å². The quantitative estimate of drug-likeness (QED) is 0.336. The van der Waals surface area contributed by atoms with Crippen LogP contribution in [0.2, 0.25) is 0 Å². The van der Waals surface area contributed by atoms with Crippen molar-refractivity contribution in [1.82, 2.24) is 0 Å². The van der Waals surface area contributed by atoms with Crippen LogP contribution in [0.25, 0.3) is 0 Å². The third-order valence-electron chi connectivity index (χ3n) is 13.6. The summed E-state index contributed by atoms with van der Waals surface area (Å²) in [6.45, 7) is 15.6. The average Bonchev–Trinajstić information content (AvgIpc) is 2.80. The largest absolute Gasteiger partial charge is 0.469 e. The van der Waals surface area contributed by atoms with Crippen LogP contribution in [-0.4, -0.2) is 46.2 Å². The molecule has 0 radical (unpaired) electrons. The number of ether oxygens (including phenoxy) is 1. The third-order valence-corrected chi connectivity index (χ3v) is 13.6. The van der Waals surface area contributed by atoms with Gasteiger partial charge in [0.15, 0.2) is 0 Å². The summed E-state index contributed by atoms with van der Waals surface area (Å²) in [4.78, 5) is 13.4. The SMILES string of the molecule is COC(=O)[C@]12CC[C@@H](C)[C@@](C)(O)[C@H]1C1=CC[C@@H]3[C@@]4(C)C[C@@H](O)[C@@H](O)C(C)(C)[C@@H]4CC[C@@]3(C)[C@]1(C)CC2. The highest BCUT2D eigenvalue weighted by Crippen LogP contribution is 2.76. The molecule has 3 N–H and O–H groups in total. The summed E-state index contributed by atoms with van der Waals surface area (Å²) in [7, 11) is 1.49. The minimum absolute atomic E-state index is 0.0144. The van der Waals surface area contributed by atoms with Crippen LogP contribution < -0.4 is 0 Å². The molecule has 0 aromatic heterocycles. The van der Waals surface area contributed by atoms with Crippen molar-refractivity contribution in [3.05, 3.63) is 11.6 Å². The molecule has 5 aliphatic rings. The highest BCUT2D eigenvalue weighted by atomic mass is 16.5. The van der Waals surface area contributed by atoms with E-state index >= 15 is 0 Å². The fraction of sp³-hybridized carbons (Fsp3) is 0.903. The molecule has 5 aliphatic carbocycles. The van der Waals surface area contributed by atoms with Gasteiger partial charge < -0.3 is 20.1 Å². The van der Waals surface area contributed by atoms with Crippen molar-refractivity contribution < 1.29 is 24.9 Å². The fourth-order valence-electron chi connectivity index (χ4n) is 11.2. The van der Waals surface area contributed by atoms with Gasteiger partial charge >= 0.3 is 5.97 Å². The third kappa shape index (κ3) is 2.97. The predicted octanol–water partition coefficient (Wildman–Crippen LogP) is 5.26. The molecule has 0 spiro atoms. The first-order valence-electron chi connectivity index (χ1n) is 14.4. The van der Waals surface area contributed by atoms with E-state index in [0.717, 1.165) is 44.9 Å². The molecule has 0 aliphatic heterocycles. The summed E-state index contributed by atoms with van der Waals surface area (Å²) in [5.74, 6) is 0.430. The maximum atomic E-state index is 13.4. The van der Waals surface area contributed by atoms with Gasteiger partial charge in [-0.15, -0.1) is 0 Å².